The van der Waals surface area contributed by atoms with Gasteiger partial charge in [0, 0.05) is 44.3 Å². The Labute approximate surface area is 174 Å². The van der Waals surface area contributed by atoms with E-state index in [0.717, 1.165) is 51.1 Å². The van der Waals surface area contributed by atoms with E-state index in [0.29, 0.717) is 23.9 Å². The largest absolute Gasteiger partial charge is 0.423 e. The third-order valence-corrected chi connectivity index (χ3v) is 5.94. The van der Waals surface area contributed by atoms with Gasteiger partial charge in [-0.2, -0.15) is 0 Å². The van der Waals surface area contributed by atoms with Gasteiger partial charge in [-0.1, -0.05) is 0 Å². The lowest BCUT2D eigenvalue weighted by Gasteiger charge is -2.33. The number of amides is 1. The number of piperidine rings is 1. The quantitative estimate of drug-likeness (QED) is 0.658. The highest BCUT2D eigenvalue weighted by atomic mass is 16.5. The van der Waals surface area contributed by atoms with Crippen molar-refractivity contribution in [2.45, 2.75) is 44.1 Å². The van der Waals surface area contributed by atoms with Crippen LogP contribution in [-0.4, -0.2) is 50.3 Å². The highest BCUT2D eigenvalue weighted by Crippen LogP contribution is 2.33. The van der Waals surface area contributed by atoms with Gasteiger partial charge >= 0.3 is 0 Å². The van der Waals surface area contributed by atoms with Gasteiger partial charge in [0.1, 0.15) is 11.9 Å². The zero-order valence-electron chi connectivity index (χ0n) is 16.8. The number of likely N-dealkylation sites (tertiary alicyclic amines) is 1. The van der Waals surface area contributed by atoms with Crippen molar-refractivity contribution >= 4 is 5.91 Å². The second-order valence-corrected chi connectivity index (χ2v) is 7.87. The molecule has 2 saturated heterocycles. The van der Waals surface area contributed by atoms with E-state index >= 15 is 0 Å². The number of nitrogens with zero attached hydrogens (tertiary/aromatic N) is 5. The monoisotopic (exact) mass is 407 g/mol. The fourth-order valence-corrected chi connectivity index (χ4v) is 4.24. The van der Waals surface area contributed by atoms with Crippen LogP contribution >= 0.6 is 0 Å². The van der Waals surface area contributed by atoms with E-state index in [2.05, 4.69) is 15.2 Å². The number of carbonyl (C=O) groups excluding carboxylic acids is 1. The zero-order chi connectivity index (χ0) is 20.3. The van der Waals surface area contributed by atoms with Gasteiger partial charge in [0.05, 0.1) is 5.56 Å². The Hall–Kier alpha value is -3.00. The number of hydrogen-bond donors (Lipinski definition) is 0. The summed E-state index contributed by atoms with van der Waals surface area (Å²) in [4.78, 5) is 19.6. The van der Waals surface area contributed by atoms with Crippen LogP contribution in [0.3, 0.4) is 0 Å². The summed E-state index contributed by atoms with van der Waals surface area (Å²) in [6.07, 6.45) is 10.1. The van der Waals surface area contributed by atoms with Crippen LogP contribution < -0.4 is 0 Å². The Bertz CT molecular complexity index is 977. The number of aromatic nitrogens is 4. The van der Waals surface area contributed by atoms with Crippen LogP contribution in [0.25, 0.3) is 5.82 Å². The molecule has 2 fully saturated rings. The van der Waals surface area contributed by atoms with Gasteiger partial charge in [-0.15, -0.1) is 10.2 Å². The molecule has 0 spiro atoms. The Morgan fingerprint density at radius 1 is 1.00 bits per heavy atom. The Morgan fingerprint density at radius 2 is 1.80 bits per heavy atom. The summed E-state index contributed by atoms with van der Waals surface area (Å²) in [5, 5.41) is 8.62. The summed E-state index contributed by atoms with van der Waals surface area (Å²) in [7, 11) is 0. The molecule has 2 aliphatic heterocycles. The summed E-state index contributed by atoms with van der Waals surface area (Å²) in [6.45, 7) is 2.13. The number of rotatable bonds is 4. The Balaban J connectivity index is 1.35. The summed E-state index contributed by atoms with van der Waals surface area (Å²) >= 11 is 0. The van der Waals surface area contributed by atoms with Crippen LogP contribution in [0.2, 0.25) is 0 Å². The van der Waals surface area contributed by atoms with E-state index < -0.39 is 0 Å². The molecule has 30 heavy (non-hydrogen) atoms. The normalized spacial score (nSPS) is 20.4. The summed E-state index contributed by atoms with van der Waals surface area (Å²) in [6, 6.07) is 7.40. The van der Waals surface area contributed by atoms with E-state index in [1.807, 2.05) is 46.1 Å². The number of carbonyl (C=O) groups is 1. The van der Waals surface area contributed by atoms with Crippen molar-refractivity contribution in [1.82, 2.24) is 24.6 Å². The first-order chi connectivity index (χ1) is 14.8. The van der Waals surface area contributed by atoms with Crippen molar-refractivity contribution in [1.29, 1.82) is 0 Å². The minimum Gasteiger partial charge on any atom is -0.423 e. The zero-order valence-corrected chi connectivity index (χ0v) is 16.8. The first-order valence-electron chi connectivity index (χ1n) is 10.6. The fraction of sp³-hybridized carbons (Fsp3) is 0.455. The maximum absolute atomic E-state index is 13.3. The van der Waals surface area contributed by atoms with Gasteiger partial charge < -0.3 is 18.6 Å². The van der Waals surface area contributed by atoms with Crippen LogP contribution in [0.1, 0.15) is 66.2 Å². The van der Waals surface area contributed by atoms with Gasteiger partial charge in [-0.3, -0.25) is 4.79 Å². The highest BCUT2D eigenvalue weighted by molar-refractivity contribution is 5.94. The molecule has 0 bridgehead atoms. The van der Waals surface area contributed by atoms with E-state index in [-0.39, 0.29) is 17.9 Å². The van der Waals surface area contributed by atoms with E-state index in [1.165, 1.54) is 0 Å². The van der Waals surface area contributed by atoms with Gasteiger partial charge in [-0.05, 0) is 56.4 Å². The number of pyridine rings is 1. The fourth-order valence-electron chi connectivity index (χ4n) is 4.24. The third kappa shape index (κ3) is 3.75. The molecular formula is C22H25N5O3. The van der Waals surface area contributed by atoms with E-state index in [1.54, 1.807) is 6.20 Å². The van der Waals surface area contributed by atoms with E-state index in [9.17, 15) is 4.79 Å². The topological polar surface area (TPSA) is 86.3 Å². The minimum atomic E-state index is -0.184. The lowest BCUT2D eigenvalue weighted by molar-refractivity contribution is 0.0561. The predicted molar refractivity (Wildman–Crippen MR) is 108 cm³/mol. The molecule has 5 heterocycles. The molecule has 0 N–H and O–H groups in total. The summed E-state index contributed by atoms with van der Waals surface area (Å²) in [5.41, 5.74) is 0.571. The van der Waals surface area contributed by atoms with Gasteiger partial charge in [0.2, 0.25) is 11.8 Å². The lowest BCUT2D eigenvalue weighted by Crippen LogP contribution is -2.38. The van der Waals surface area contributed by atoms with Crippen molar-refractivity contribution in [3.8, 4) is 5.82 Å². The first-order valence-corrected chi connectivity index (χ1v) is 10.6. The van der Waals surface area contributed by atoms with Gasteiger partial charge in [-0.25, -0.2) is 4.98 Å². The average Bonchev–Trinajstić information content (AvgIpc) is 3.52. The summed E-state index contributed by atoms with van der Waals surface area (Å²) in [5.74, 6) is 2.20. The maximum atomic E-state index is 13.3. The van der Waals surface area contributed by atoms with Crippen LogP contribution in [0, 0.1) is 0 Å². The van der Waals surface area contributed by atoms with E-state index in [4.69, 9.17) is 9.15 Å². The van der Waals surface area contributed by atoms with Crippen molar-refractivity contribution in [2.75, 3.05) is 19.8 Å². The molecule has 156 valence electrons. The Morgan fingerprint density at radius 3 is 2.57 bits per heavy atom. The number of ether oxygens (including phenoxy) is 1. The SMILES string of the molecule is O=C(c1ccc(-n2cccc2)nc1)N1CCCCC1c1nnc(C2CCOCC2)o1. The number of hydrogen-bond acceptors (Lipinski definition) is 6. The molecular weight excluding hydrogens is 382 g/mol. The third-order valence-electron chi connectivity index (χ3n) is 5.94. The molecule has 5 rings (SSSR count). The van der Waals surface area contributed by atoms with Crippen molar-refractivity contribution in [2.24, 2.45) is 0 Å². The predicted octanol–water partition coefficient (Wildman–Crippen LogP) is 3.52. The van der Waals surface area contributed by atoms with Crippen LogP contribution in [-0.2, 0) is 4.74 Å². The molecule has 0 radical (unpaired) electrons. The Kier molecular flexibility index (Phi) is 5.31. The standard InChI is InChI=1S/C22H25N5O3/c28-22(17-6-7-19(23-15-17)26-10-3-4-11-26)27-12-2-1-5-18(27)21-25-24-20(30-21)16-8-13-29-14-9-16/h3-4,6-7,10-11,15-16,18H,1-2,5,8-9,12-14H2. The first kappa shape index (κ1) is 19.0. The molecule has 1 amide bonds. The van der Waals surface area contributed by atoms with Crippen molar-refractivity contribution in [3.63, 3.8) is 0 Å². The maximum Gasteiger partial charge on any atom is 0.256 e. The smallest absolute Gasteiger partial charge is 0.256 e. The van der Waals surface area contributed by atoms with Gasteiger partial charge in [0.25, 0.3) is 5.91 Å². The van der Waals surface area contributed by atoms with Crippen LogP contribution in [0.5, 0.6) is 0 Å². The molecule has 1 atom stereocenters. The molecule has 3 aromatic heterocycles. The molecule has 0 saturated carbocycles. The van der Waals surface area contributed by atoms with Crippen molar-refractivity contribution in [3.05, 3.63) is 60.2 Å². The van der Waals surface area contributed by atoms with Crippen molar-refractivity contribution < 1.29 is 13.9 Å². The molecule has 1 unspecified atom stereocenters. The average molecular weight is 407 g/mol. The van der Waals surface area contributed by atoms with Crippen LogP contribution in [0.15, 0.2) is 47.3 Å². The second-order valence-electron chi connectivity index (χ2n) is 7.87. The second kappa shape index (κ2) is 8.39. The molecule has 8 nitrogen and oxygen atoms in total. The minimum absolute atomic E-state index is 0.0444. The summed E-state index contributed by atoms with van der Waals surface area (Å²) < 4.78 is 13.4. The molecule has 8 heteroatoms. The molecule has 3 aromatic rings. The van der Waals surface area contributed by atoms with Crippen LogP contribution in [0.4, 0.5) is 0 Å². The highest BCUT2D eigenvalue weighted by Gasteiger charge is 2.33. The lowest BCUT2D eigenvalue weighted by atomic mass is 10.0. The molecule has 0 aliphatic carbocycles. The van der Waals surface area contributed by atoms with Gasteiger partial charge in [0.15, 0.2) is 0 Å². The molecule has 0 aromatic carbocycles. The molecule has 2 aliphatic rings.